The predicted molar refractivity (Wildman–Crippen MR) is 84.6 cm³/mol. The number of hydrogen-bond donors (Lipinski definition) is 2. The van der Waals surface area contributed by atoms with Crippen molar-refractivity contribution < 1.29 is 13.5 Å². The summed E-state index contributed by atoms with van der Waals surface area (Å²) in [6.07, 6.45) is 0. The highest BCUT2D eigenvalue weighted by Gasteiger charge is 2.24. The standard InChI is InChI=1S/C15H26N2O3S/c1-12(2)10-16-11-15(3,18)13-6-8-14(9-7-13)21(19,20)17(4)5/h6-9,12,16,18H,10-11H2,1-5H3. The van der Waals surface area contributed by atoms with E-state index in [1.165, 1.54) is 30.5 Å². The smallest absolute Gasteiger partial charge is 0.242 e. The minimum absolute atomic E-state index is 0.224. The first kappa shape index (κ1) is 18.1. The average Bonchev–Trinajstić information content (AvgIpc) is 2.38. The van der Waals surface area contributed by atoms with Crippen molar-refractivity contribution in [3.63, 3.8) is 0 Å². The van der Waals surface area contributed by atoms with Gasteiger partial charge in [0.2, 0.25) is 10.0 Å². The molecule has 1 aromatic rings. The second-order valence-corrected chi connectivity index (χ2v) is 8.26. The van der Waals surface area contributed by atoms with Crippen molar-refractivity contribution in [1.82, 2.24) is 9.62 Å². The third-order valence-corrected chi connectivity index (χ3v) is 5.11. The topological polar surface area (TPSA) is 69.6 Å². The molecule has 1 rings (SSSR count). The summed E-state index contributed by atoms with van der Waals surface area (Å²) in [6.45, 7) is 7.16. The molecule has 0 radical (unpaired) electrons. The first-order valence-corrected chi connectivity index (χ1v) is 8.47. The number of nitrogens with one attached hydrogen (secondary N) is 1. The van der Waals surface area contributed by atoms with E-state index in [0.29, 0.717) is 18.0 Å². The molecule has 1 aromatic carbocycles. The molecule has 0 fully saturated rings. The van der Waals surface area contributed by atoms with Crippen LogP contribution in [-0.2, 0) is 15.6 Å². The lowest BCUT2D eigenvalue weighted by molar-refractivity contribution is 0.0563. The summed E-state index contributed by atoms with van der Waals surface area (Å²) in [5.74, 6) is 0.508. The van der Waals surface area contributed by atoms with Crippen LogP contribution >= 0.6 is 0 Å². The quantitative estimate of drug-likeness (QED) is 0.798. The summed E-state index contributed by atoms with van der Waals surface area (Å²) in [6, 6.07) is 6.38. The van der Waals surface area contributed by atoms with Gasteiger partial charge in [-0.1, -0.05) is 26.0 Å². The van der Waals surface area contributed by atoms with Crippen molar-refractivity contribution in [2.45, 2.75) is 31.3 Å². The molecule has 0 amide bonds. The van der Waals surface area contributed by atoms with Crippen LogP contribution in [0.1, 0.15) is 26.3 Å². The van der Waals surface area contributed by atoms with Gasteiger partial charge in [0.25, 0.3) is 0 Å². The van der Waals surface area contributed by atoms with Gasteiger partial charge in [-0.05, 0) is 37.1 Å². The first-order valence-electron chi connectivity index (χ1n) is 7.03. The second kappa shape index (κ2) is 6.87. The minimum atomic E-state index is -3.43. The van der Waals surface area contributed by atoms with Crippen molar-refractivity contribution >= 4 is 10.0 Å². The molecule has 0 aliphatic carbocycles. The largest absolute Gasteiger partial charge is 0.384 e. The zero-order valence-corrected chi connectivity index (χ0v) is 14.2. The molecule has 0 aliphatic heterocycles. The van der Waals surface area contributed by atoms with Crippen LogP contribution in [0.25, 0.3) is 0 Å². The van der Waals surface area contributed by atoms with E-state index in [1.807, 2.05) is 0 Å². The highest BCUT2D eigenvalue weighted by Crippen LogP contribution is 2.22. The van der Waals surface area contributed by atoms with E-state index in [2.05, 4.69) is 19.2 Å². The molecule has 0 aliphatic rings. The Hall–Kier alpha value is -0.950. The third kappa shape index (κ3) is 4.78. The molecule has 0 saturated carbocycles. The molecular weight excluding hydrogens is 288 g/mol. The molecule has 0 aromatic heterocycles. The highest BCUT2D eigenvalue weighted by molar-refractivity contribution is 7.89. The van der Waals surface area contributed by atoms with Crippen LogP contribution in [0.5, 0.6) is 0 Å². The predicted octanol–water partition coefficient (Wildman–Crippen LogP) is 1.39. The third-order valence-electron chi connectivity index (χ3n) is 3.28. The Morgan fingerprint density at radius 3 is 2.19 bits per heavy atom. The van der Waals surface area contributed by atoms with Crippen LogP contribution in [-0.4, -0.2) is 45.0 Å². The Kier molecular flexibility index (Phi) is 5.92. The Labute approximate surface area is 128 Å². The zero-order chi connectivity index (χ0) is 16.3. The molecule has 6 heteroatoms. The van der Waals surface area contributed by atoms with E-state index < -0.39 is 15.6 Å². The Balaban J connectivity index is 2.86. The molecule has 2 N–H and O–H groups in total. The number of nitrogens with zero attached hydrogens (tertiary/aromatic N) is 1. The van der Waals surface area contributed by atoms with Gasteiger partial charge in [0, 0.05) is 20.6 Å². The van der Waals surface area contributed by atoms with Gasteiger partial charge in [-0.3, -0.25) is 0 Å². The Morgan fingerprint density at radius 2 is 1.76 bits per heavy atom. The van der Waals surface area contributed by atoms with Crippen LogP contribution in [0.15, 0.2) is 29.2 Å². The summed E-state index contributed by atoms with van der Waals surface area (Å²) in [7, 11) is -0.441. The SMILES string of the molecule is CC(C)CNCC(C)(O)c1ccc(S(=O)(=O)N(C)C)cc1. The van der Waals surface area contributed by atoms with Gasteiger partial charge in [0.05, 0.1) is 10.5 Å². The normalized spacial score (nSPS) is 15.4. The molecule has 5 nitrogen and oxygen atoms in total. The van der Waals surface area contributed by atoms with Crippen LogP contribution in [0.4, 0.5) is 0 Å². The summed E-state index contributed by atoms with van der Waals surface area (Å²) in [5.41, 5.74) is -0.341. The lowest BCUT2D eigenvalue weighted by Gasteiger charge is -2.25. The van der Waals surface area contributed by atoms with E-state index in [-0.39, 0.29) is 4.90 Å². The number of rotatable bonds is 7. The van der Waals surface area contributed by atoms with Gasteiger partial charge in [0.15, 0.2) is 0 Å². The average molecular weight is 314 g/mol. The highest BCUT2D eigenvalue weighted by atomic mass is 32.2. The molecule has 0 saturated heterocycles. The van der Waals surface area contributed by atoms with Gasteiger partial charge in [-0.25, -0.2) is 12.7 Å². The lowest BCUT2D eigenvalue weighted by atomic mass is 9.96. The molecule has 21 heavy (non-hydrogen) atoms. The summed E-state index contributed by atoms with van der Waals surface area (Å²) >= 11 is 0. The first-order chi connectivity index (χ1) is 9.57. The fourth-order valence-corrected chi connectivity index (χ4v) is 2.80. The fraction of sp³-hybridized carbons (Fsp3) is 0.600. The minimum Gasteiger partial charge on any atom is -0.384 e. The molecule has 1 atom stereocenters. The number of aliphatic hydroxyl groups is 1. The van der Waals surface area contributed by atoms with Crippen LogP contribution in [0.3, 0.4) is 0 Å². The second-order valence-electron chi connectivity index (χ2n) is 6.11. The maximum Gasteiger partial charge on any atom is 0.242 e. The van der Waals surface area contributed by atoms with Crippen molar-refractivity contribution in [3.8, 4) is 0 Å². The van der Waals surface area contributed by atoms with Crippen LogP contribution in [0, 0.1) is 5.92 Å². The van der Waals surface area contributed by atoms with Gasteiger partial charge in [0.1, 0.15) is 0 Å². The fourth-order valence-electron chi connectivity index (χ4n) is 1.90. The Bertz CT molecular complexity index is 549. The molecular formula is C15H26N2O3S. The lowest BCUT2D eigenvalue weighted by Crippen LogP contribution is -2.37. The van der Waals surface area contributed by atoms with Crippen LogP contribution in [0.2, 0.25) is 0 Å². The van der Waals surface area contributed by atoms with Crippen molar-refractivity contribution in [2.24, 2.45) is 5.92 Å². The molecule has 120 valence electrons. The number of sulfonamides is 1. The molecule has 0 heterocycles. The van der Waals surface area contributed by atoms with Crippen molar-refractivity contribution in [2.75, 3.05) is 27.2 Å². The van der Waals surface area contributed by atoms with Crippen molar-refractivity contribution in [1.29, 1.82) is 0 Å². The van der Waals surface area contributed by atoms with E-state index >= 15 is 0 Å². The van der Waals surface area contributed by atoms with Gasteiger partial charge in [-0.2, -0.15) is 0 Å². The van der Waals surface area contributed by atoms with E-state index in [9.17, 15) is 13.5 Å². The number of benzene rings is 1. The summed E-state index contributed by atoms with van der Waals surface area (Å²) < 4.78 is 25.2. The number of hydrogen-bond acceptors (Lipinski definition) is 4. The van der Waals surface area contributed by atoms with Crippen LogP contribution < -0.4 is 5.32 Å². The molecule has 1 unspecified atom stereocenters. The van der Waals surface area contributed by atoms with E-state index in [4.69, 9.17) is 0 Å². The molecule has 0 bridgehead atoms. The summed E-state index contributed by atoms with van der Waals surface area (Å²) in [5, 5.41) is 13.7. The van der Waals surface area contributed by atoms with E-state index in [0.717, 1.165) is 6.54 Å². The van der Waals surface area contributed by atoms with E-state index in [1.54, 1.807) is 19.1 Å². The maximum atomic E-state index is 12.0. The van der Waals surface area contributed by atoms with Gasteiger partial charge >= 0.3 is 0 Å². The van der Waals surface area contributed by atoms with Crippen molar-refractivity contribution in [3.05, 3.63) is 29.8 Å². The maximum absolute atomic E-state index is 12.0. The Morgan fingerprint density at radius 1 is 1.24 bits per heavy atom. The molecule has 0 spiro atoms. The monoisotopic (exact) mass is 314 g/mol. The van der Waals surface area contributed by atoms with Gasteiger partial charge < -0.3 is 10.4 Å². The van der Waals surface area contributed by atoms with Gasteiger partial charge in [-0.15, -0.1) is 0 Å². The zero-order valence-electron chi connectivity index (χ0n) is 13.4. The summed E-state index contributed by atoms with van der Waals surface area (Å²) in [4.78, 5) is 0.224.